The van der Waals surface area contributed by atoms with Crippen LogP contribution in [0, 0.1) is 6.92 Å². The molecule has 0 saturated carbocycles. The molecule has 0 saturated heterocycles. The van der Waals surface area contributed by atoms with Gasteiger partial charge in [0.1, 0.15) is 5.01 Å². The van der Waals surface area contributed by atoms with Gasteiger partial charge < -0.3 is 10.1 Å². The first kappa shape index (κ1) is 13.2. The van der Waals surface area contributed by atoms with E-state index in [1.807, 2.05) is 29.5 Å². The quantitative estimate of drug-likeness (QED) is 0.805. The summed E-state index contributed by atoms with van der Waals surface area (Å²) in [5.41, 5.74) is 2.32. The fourth-order valence-corrected chi connectivity index (χ4v) is 2.54. The number of aromatic nitrogens is 3. The van der Waals surface area contributed by atoms with E-state index in [-0.39, 0.29) is 6.04 Å². The molecule has 0 radical (unpaired) electrons. The molecule has 0 aliphatic heterocycles. The van der Waals surface area contributed by atoms with Crippen molar-refractivity contribution in [3.63, 3.8) is 0 Å². The van der Waals surface area contributed by atoms with Gasteiger partial charge in [-0.3, -0.25) is 4.68 Å². The zero-order chi connectivity index (χ0) is 13.0. The summed E-state index contributed by atoms with van der Waals surface area (Å²) < 4.78 is 6.96. The summed E-state index contributed by atoms with van der Waals surface area (Å²) in [5, 5.41) is 10.8. The Labute approximate surface area is 111 Å². The molecule has 0 amide bonds. The molecule has 1 atom stereocenters. The van der Waals surface area contributed by atoms with Gasteiger partial charge >= 0.3 is 0 Å². The van der Waals surface area contributed by atoms with Crippen LogP contribution >= 0.6 is 11.3 Å². The maximum atomic E-state index is 5.08. The van der Waals surface area contributed by atoms with Gasteiger partial charge in [0.25, 0.3) is 0 Å². The first-order valence-electron chi connectivity index (χ1n) is 5.84. The van der Waals surface area contributed by atoms with E-state index in [9.17, 15) is 0 Å². The first-order valence-corrected chi connectivity index (χ1v) is 6.72. The van der Waals surface area contributed by atoms with Crippen LogP contribution < -0.4 is 5.32 Å². The highest BCUT2D eigenvalue weighted by Crippen LogP contribution is 2.25. The highest BCUT2D eigenvalue weighted by Gasteiger charge is 2.20. The lowest BCUT2D eigenvalue weighted by Crippen LogP contribution is -2.26. The Kier molecular flexibility index (Phi) is 4.46. The molecule has 0 aliphatic carbocycles. The zero-order valence-electron chi connectivity index (χ0n) is 10.9. The van der Waals surface area contributed by atoms with Crippen LogP contribution in [0.15, 0.2) is 17.8 Å². The molecular formula is C12H18N4OS. The highest BCUT2D eigenvalue weighted by molar-refractivity contribution is 7.09. The van der Waals surface area contributed by atoms with Crippen molar-refractivity contribution in [3.8, 4) is 0 Å². The monoisotopic (exact) mass is 266 g/mol. The van der Waals surface area contributed by atoms with E-state index in [1.54, 1.807) is 18.4 Å². The summed E-state index contributed by atoms with van der Waals surface area (Å²) in [6, 6.07) is 0.0915. The van der Waals surface area contributed by atoms with Crippen LogP contribution in [-0.2, 0) is 11.8 Å². The first-order chi connectivity index (χ1) is 8.74. The fraction of sp³-hybridized carbons (Fsp3) is 0.500. The number of aryl methyl sites for hydroxylation is 1. The van der Waals surface area contributed by atoms with Gasteiger partial charge in [0.15, 0.2) is 0 Å². The van der Waals surface area contributed by atoms with Crippen molar-refractivity contribution < 1.29 is 4.74 Å². The lowest BCUT2D eigenvalue weighted by atomic mass is 10.1. The molecule has 1 unspecified atom stereocenters. The van der Waals surface area contributed by atoms with Crippen LogP contribution in [-0.4, -0.2) is 35.0 Å². The van der Waals surface area contributed by atoms with Crippen LogP contribution in [0.25, 0.3) is 0 Å². The normalized spacial score (nSPS) is 12.8. The summed E-state index contributed by atoms with van der Waals surface area (Å²) in [4.78, 5) is 4.40. The molecule has 0 aromatic carbocycles. The maximum Gasteiger partial charge on any atom is 0.114 e. The summed E-state index contributed by atoms with van der Waals surface area (Å²) in [5.74, 6) is 0. The Hall–Kier alpha value is -1.24. The largest absolute Gasteiger partial charge is 0.383 e. The Balaban J connectivity index is 2.22. The molecule has 1 N–H and O–H groups in total. The number of nitrogens with one attached hydrogen (secondary N) is 1. The molecule has 0 fully saturated rings. The Morgan fingerprint density at radius 3 is 2.94 bits per heavy atom. The molecule has 5 nitrogen and oxygen atoms in total. The molecular weight excluding hydrogens is 248 g/mol. The average Bonchev–Trinajstić information content (AvgIpc) is 2.99. The van der Waals surface area contributed by atoms with E-state index < -0.39 is 0 Å². The van der Waals surface area contributed by atoms with Crippen LogP contribution in [0.1, 0.15) is 22.3 Å². The molecule has 2 rings (SSSR count). The predicted octanol–water partition coefficient (Wildman–Crippen LogP) is 1.51. The number of hydrogen-bond acceptors (Lipinski definition) is 5. The van der Waals surface area contributed by atoms with Crippen molar-refractivity contribution in [1.29, 1.82) is 0 Å². The molecule has 0 spiro atoms. The predicted molar refractivity (Wildman–Crippen MR) is 71.8 cm³/mol. The summed E-state index contributed by atoms with van der Waals surface area (Å²) in [6.07, 6.45) is 3.73. The van der Waals surface area contributed by atoms with Crippen molar-refractivity contribution in [3.05, 3.63) is 34.0 Å². The Morgan fingerprint density at radius 2 is 2.39 bits per heavy atom. The van der Waals surface area contributed by atoms with E-state index in [2.05, 4.69) is 22.3 Å². The summed E-state index contributed by atoms with van der Waals surface area (Å²) >= 11 is 1.65. The van der Waals surface area contributed by atoms with Crippen LogP contribution in [0.3, 0.4) is 0 Å². The van der Waals surface area contributed by atoms with E-state index >= 15 is 0 Å². The Morgan fingerprint density at radius 1 is 1.56 bits per heavy atom. The van der Waals surface area contributed by atoms with Crippen molar-refractivity contribution in [2.24, 2.45) is 7.05 Å². The maximum absolute atomic E-state index is 5.08. The minimum absolute atomic E-state index is 0.0915. The number of nitrogens with zero attached hydrogens (tertiary/aromatic N) is 3. The van der Waals surface area contributed by atoms with Crippen molar-refractivity contribution in [2.45, 2.75) is 13.0 Å². The lowest BCUT2D eigenvalue weighted by molar-refractivity contribution is 0.197. The smallest absolute Gasteiger partial charge is 0.114 e. The molecule has 2 aromatic rings. The average molecular weight is 266 g/mol. The third-order valence-corrected chi connectivity index (χ3v) is 3.78. The second kappa shape index (κ2) is 6.08. The van der Waals surface area contributed by atoms with Gasteiger partial charge in [-0.25, -0.2) is 4.98 Å². The van der Waals surface area contributed by atoms with Gasteiger partial charge in [0.2, 0.25) is 0 Å². The Bertz CT molecular complexity index is 480. The highest BCUT2D eigenvalue weighted by atomic mass is 32.1. The van der Waals surface area contributed by atoms with Gasteiger partial charge in [0, 0.05) is 43.5 Å². The minimum Gasteiger partial charge on any atom is -0.383 e. The lowest BCUT2D eigenvalue weighted by Gasteiger charge is -2.16. The zero-order valence-corrected chi connectivity index (χ0v) is 11.7. The number of rotatable bonds is 6. The molecule has 18 heavy (non-hydrogen) atoms. The minimum atomic E-state index is 0.0915. The van der Waals surface area contributed by atoms with Gasteiger partial charge in [-0.2, -0.15) is 5.10 Å². The van der Waals surface area contributed by atoms with Gasteiger partial charge in [0.05, 0.1) is 18.8 Å². The number of hydrogen-bond donors (Lipinski definition) is 1. The number of ether oxygens (including phenoxy) is 1. The molecule has 2 aromatic heterocycles. The van der Waals surface area contributed by atoms with E-state index in [1.165, 1.54) is 5.56 Å². The van der Waals surface area contributed by atoms with Gasteiger partial charge in [-0.15, -0.1) is 11.3 Å². The van der Waals surface area contributed by atoms with Gasteiger partial charge in [-0.05, 0) is 6.92 Å². The molecule has 6 heteroatoms. The van der Waals surface area contributed by atoms with E-state index in [4.69, 9.17) is 4.74 Å². The van der Waals surface area contributed by atoms with Crippen LogP contribution in [0.4, 0.5) is 0 Å². The van der Waals surface area contributed by atoms with Gasteiger partial charge in [-0.1, -0.05) is 0 Å². The number of thiazole rings is 1. The summed E-state index contributed by atoms with van der Waals surface area (Å²) in [7, 11) is 3.66. The molecule has 2 heterocycles. The molecule has 98 valence electrons. The second-order valence-corrected chi connectivity index (χ2v) is 4.99. The topological polar surface area (TPSA) is 52.0 Å². The SMILES string of the molecule is COCCNC(c1nccs1)c1cnn(C)c1C. The molecule has 0 aliphatic rings. The number of methoxy groups -OCH3 is 1. The van der Waals surface area contributed by atoms with E-state index in [0.29, 0.717) is 6.61 Å². The third kappa shape index (κ3) is 2.77. The van der Waals surface area contributed by atoms with E-state index in [0.717, 1.165) is 17.2 Å². The van der Waals surface area contributed by atoms with Crippen molar-refractivity contribution in [2.75, 3.05) is 20.3 Å². The van der Waals surface area contributed by atoms with Crippen LogP contribution in [0.5, 0.6) is 0 Å². The fourth-order valence-electron chi connectivity index (χ4n) is 1.81. The van der Waals surface area contributed by atoms with Crippen LogP contribution in [0.2, 0.25) is 0 Å². The molecule has 0 bridgehead atoms. The summed E-state index contributed by atoms with van der Waals surface area (Å²) in [6.45, 7) is 3.54. The second-order valence-electron chi connectivity index (χ2n) is 4.06. The van der Waals surface area contributed by atoms with Crippen molar-refractivity contribution in [1.82, 2.24) is 20.1 Å². The van der Waals surface area contributed by atoms with Crippen molar-refractivity contribution >= 4 is 11.3 Å². The standard InChI is InChI=1S/C12H18N4OS/c1-9-10(8-15-16(9)2)11(13-4-6-17-3)12-14-5-7-18-12/h5,7-8,11,13H,4,6H2,1-3H3. The third-order valence-electron chi connectivity index (χ3n) is 2.94.